The van der Waals surface area contributed by atoms with Gasteiger partial charge in [-0.05, 0) is 63.3 Å². The third kappa shape index (κ3) is 3.95. The van der Waals surface area contributed by atoms with E-state index in [9.17, 15) is 4.79 Å². The van der Waals surface area contributed by atoms with Crippen LogP contribution in [0.3, 0.4) is 0 Å². The van der Waals surface area contributed by atoms with Crippen LogP contribution in [-0.4, -0.2) is 24.7 Å². The molecule has 0 radical (unpaired) electrons. The monoisotopic (exact) mass is 267 g/mol. The molecule has 2 rings (SSSR count). The van der Waals surface area contributed by atoms with Gasteiger partial charge in [-0.2, -0.15) is 0 Å². The van der Waals surface area contributed by atoms with Crippen LogP contribution < -0.4 is 5.32 Å². The molecular weight excluding hydrogens is 238 g/mol. The minimum Gasteiger partial charge on any atom is -0.465 e. The highest BCUT2D eigenvalue weighted by atomic mass is 16.5. The molecule has 0 bridgehead atoms. The molecule has 3 heteroatoms. The van der Waals surface area contributed by atoms with Gasteiger partial charge in [0.25, 0.3) is 0 Å². The van der Waals surface area contributed by atoms with Crippen molar-refractivity contribution in [2.24, 2.45) is 11.3 Å². The predicted molar refractivity (Wildman–Crippen MR) is 77.0 cm³/mol. The van der Waals surface area contributed by atoms with Gasteiger partial charge in [0.2, 0.25) is 0 Å². The molecule has 2 aliphatic carbocycles. The molecule has 0 aliphatic heterocycles. The van der Waals surface area contributed by atoms with E-state index < -0.39 is 5.54 Å². The molecule has 0 aromatic heterocycles. The maximum absolute atomic E-state index is 12.4. The first-order chi connectivity index (χ1) is 8.97. The first kappa shape index (κ1) is 14.8. The highest BCUT2D eigenvalue weighted by Gasteiger charge is 2.43. The third-order valence-corrected chi connectivity index (χ3v) is 4.78. The maximum atomic E-state index is 12.4. The quantitative estimate of drug-likeness (QED) is 0.613. The summed E-state index contributed by atoms with van der Waals surface area (Å²) in [7, 11) is 0. The summed E-state index contributed by atoms with van der Waals surface area (Å²) in [5.74, 6) is 0.774. The predicted octanol–water partition coefficient (Wildman–Crippen LogP) is 3.28. The fraction of sp³-hybridized carbons (Fsp3) is 0.938. The van der Waals surface area contributed by atoms with E-state index in [-0.39, 0.29) is 5.97 Å². The highest BCUT2D eigenvalue weighted by Crippen LogP contribution is 2.39. The van der Waals surface area contributed by atoms with Crippen molar-refractivity contribution in [1.29, 1.82) is 0 Å². The molecule has 2 aliphatic rings. The second-order valence-electron chi connectivity index (χ2n) is 7.14. The summed E-state index contributed by atoms with van der Waals surface area (Å²) < 4.78 is 5.36. The Kier molecular flexibility index (Phi) is 4.54. The van der Waals surface area contributed by atoms with Crippen molar-refractivity contribution < 1.29 is 9.53 Å². The van der Waals surface area contributed by atoms with Gasteiger partial charge in [0.05, 0.1) is 6.61 Å². The summed E-state index contributed by atoms with van der Waals surface area (Å²) in [5.41, 5.74) is -0.0537. The normalized spacial score (nSPS) is 30.7. The van der Waals surface area contributed by atoms with Gasteiger partial charge in [0.1, 0.15) is 5.54 Å². The average Bonchev–Trinajstić information content (AvgIpc) is 3.16. The number of hydrogen-bond donors (Lipinski definition) is 1. The Morgan fingerprint density at radius 1 is 1.21 bits per heavy atom. The van der Waals surface area contributed by atoms with Gasteiger partial charge in [-0.3, -0.25) is 4.79 Å². The van der Waals surface area contributed by atoms with E-state index >= 15 is 0 Å². The van der Waals surface area contributed by atoms with Crippen molar-refractivity contribution in [3.63, 3.8) is 0 Å². The van der Waals surface area contributed by atoms with Crippen molar-refractivity contribution in [2.45, 2.75) is 71.3 Å². The molecule has 1 unspecified atom stereocenters. The molecule has 2 saturated carbocycles. The first-order valence-electron chi connectivity index (χ1n) is 7.90. The number of esters is 1. The van der Waals surface area contributed by atoms with Gasteiger partial charge < -0.3 is 10.1 Å². The Balaban J connectivity index is 2.05. The SMILES string of the molecule is CCOC(=O)C1(NCC2CC2)CCCC(C)(C)CC1. The van der Waals surface area contributed by atoms with Crippen molar-refractivity contribution in [3.05, 3.63) is 0 Å². The summed E-state index contributed by atoms with van der Waals surface area (Å²) in [6.07, 6.45) is 7.91. The summed E-state index contributed by atoms with van der Waals surface area (Å²) in [5, 5.41) is 3.58. The third-order valence-electron chi connectivity index (χ3n) is 4.78. The average molecular weight is 267 g/mol. The second-order valence-corrected chi connectivity index (χ2v) is 7.14. The Hall–Kier alpha value is -0.570. The lowest BCUT2D eigenvalue weighted by molar-refractivity contribution is -0.152. The van der Waals surface area contributed by atoms with E-state index in [1.165, 1.54) is 19.3 Å². The molecule has 110 valence electrons. The lowest BCUT2D eigenvalue weighted by atomic mass is 9.83. The number of carbonyl (C=O) groups is 1. The molecule has 0 spiro atoms. The van der Waals surface area contributed by atoms with E-state index in [0.717, 1.165) is 38.1 Å². The minimum atomic E-state index is -0.410. The zero-order valence-corrected chi connectivity index (χ0v) is 12.8. The Bertz CT molecular complexity index is 323. The first-order valence-corrected chi connectivity index (χ1v) is 7.90. The van der Waals surface area contributed by atoms with Crippen LogP contribution in [0.2, 0.25) is 0 Å². The van der Waals surface area contributed by atoms with Gasteiger partial charge in [-0.25, -0.2) is 0 Å². The summed E-state index contributed by atoms with van der Waals surface area (Å²) >= 11 is 0. The van der Waals surface area contributed by atoms with Crippen molar-refractivity contribution in [3.8, 4) is 0 Å². The number of ether oxygens (including phenoxy) is 1. The standard InChI is InChI=1S/C16H29NO2/c1-4-19-14(18)16(17-12-13-6-7-13)9-5-8-15(2,3)10-11-16/h13,17H,4-12H2,1-3H3. The number of nitrogens with one attached hydrogen (secondary N) is 1. The lowest BCUT2D eigenvalue weighted by Crippen LogP contribution is -2.53. The van der Waals surface area contributed by atoms with Crippen LogP contribution in [0.15, 0.2) is 0 Å². The van der Waals surface area contributed by atoms with Crippen LogP contribution in [0.5, 0.6) is 0 Å². The van der Waals surface area contributed by atoms with E-state index in [4.69, 9.17) is 4.74 Å². The van der Waals surface area contributed by atoms with Crippen molar-refractivity contribution in [1.82, 2.24) is 5.32 Å². The zero-order chi connectivity index (χ0) is 13.9. The molecule has 0 saturated heterocycles. The molecule has 0 amide bonds. The molecule has 19 heavy (non-hydrogen) atoms. The van der Waals surface area contributed by atoms with E-state index in [1.807, 2.05) is 6.92 Å². The largest absolute Gasteiger partial charge is 0.465 e. The maximum Gasteiger partial charge on any atom is 0.326 e. The van der Waals surface area contributed by atoms with Crippen molar-refractivity contribution in [2.75, 3.05) is 13.2 Å². The van der Waals surface area contributed by atoms with Crippen molar-refractivity contribution >= 4 is 5.97 Å². The van der Waals surface area contributed by atoms with E-state index in [1.54, 1.807) is 0 Å². The fourth-order valence-corrected chi connectivity index (χ4v) is 3.05. The Morgan fingerprint density at radius 2 is 1.95 bits per heavy atom. The lowest BCUT2D eigenvalue weighted by Gasteiger charge is -2.32. The molecular formula is C16H29NO2. The Labute approximate surface area is 117 Å². The van der Waals surface area contributed by atoms with Crippen LogP contribution >= 0.6 is 0 Å². The Morgan fingerprint density at radius 3 is 2.58 bits per heavy atom. The molecule has 0 aromatic rings. The van der Waals surface area contributed by atoms with Gasteiger partial charge in [0.15, 0.2) is 0 Å². The van der Waals surface area contributed by atoms with Crippen LogP contribution in [0.1, 0.15) is 65.7 Å². The molecule has 0 heterocycles. The smallest absolute Gasteiger partial charge is 0.326 e. The van der Waals surface area contributed by atoms with Gasteiger partial charge in [0, 0.05) is 0 Å². The molecule has 3 nitrogen and oxygen atoms in total. The van der Waals surface area contributed by atoms with E-state index in [0.29, 0.717) is 12.0 Å². The summed E-state index contributed by atoms with van der Waals surface area (Å²) in [4.78, 5) is 12.4. The van der Waals surface area contributed by atoms with Crippen LogP contribution in [0.25, 0.3) is 0 Å². The molecule has 1 N–H and O–H groups in total. The fourth-order valence-electron chi connectivity index (χ4n) is 3.05. The van der Waals surface area contributed by atoms with Crippen LogP contribution in [0, 0.1) is 11.3 Å². The number of hydrogen-bond acceptors (Lipinski definition) is 3. The number of rotatable bonds is 5. The van der Waals surface area contributed by atoms with E-state index in [2.05, 4.69) is 19.2 Å². The van der Waals surface area contributed by atoms with Crippen LogP contribution in [0.4, 0.5) is 0 Å². The minimum absolute atomic E-state index is 0.0200. The second kappa shape index (κ2) is 5.82. The topological polar surface area (TPSA) is 38.3 Å². The van der Waals surface area contributed by atoms with Crippen LogP contribution in [-0.2, 0) is 9.53 Å². The van der Waals surface area contributed by atoms with Gasteiger partial charge >= 0.3 is 5.97 Å². The highest BCUT2D eigenvalue weighted by molar-refractivity contribution is 5.81. The van der Waals surface area contributed by atoms with Gasteiger partial charge in [-0.15, -0.1) is 0 Å². The van der Waals surface area contributed by atoms with Gasteiger partial charge in [-0.1, -0.05) is 20.3 Å². The molecule has 2 fully saturated rings. The molecule has 0 aromatic carbocycles. The number of carbonyl (C=O) groups excluding carboxylic acids is 1. The summed E-state index contributed by atoms with van der Waals surface area (Å²) in [6, 6.07) is 0. The molecule has 1 atom stereocenters. The zero-order valence-electron chi connectivity index (χ0n) is 12.8. The summed E-state index contributed by atoms with van der Waals surface area (Å²) in [6.45, 7) is 7.99.